The van der Waals surface area contributed by atoms with Gasteiger partial charge in [0.05, 0.1) is 35.3 Å². The summed E-state index contributed by atoms with van der Waals surface area (Å²) in [6, 6.07) is 18.9. The number of aliphatic hydroxyl groups is 1. The average molecular weight is 912 g/mol. The Morgan fingerprint density at radius 1 is 1.03 bits per heavy atom. The number of ether oxygens (including phenoxy) is 2. The second-order valence-corrected chi connectivity index (χ2v) is 19.0. The second-order valence-electron chi connectivity index (χ2n) is 18.1. The van der Waals surface area contributed by atoms with Crippen molar-refractivity contribution in [3.63, 3.8) is 0 Å². The fraction of sp³-hybridized carbons (Fsp3) is 0.438. The van der Waals surface area contributed by atoms with Crippen molar-refractivity contribution in [1.29, 1.82) is 0 Å². The van der Waals surface area contributed by atoms with Gasteiger partial charge >= 0.3 is 0 Å². The Labute approximate surface area is 381 Å². The van der Waals surface area contributed by atoms with Gasteiger partial charge in [0, 0.05) is 55.4 Å². The van der Waals surface area contributed by atoms with E-state index in [-0.39, 0.29) is 32.4 Å². The molecule has 0 radical (unpaired) electrons. The fourth-order valence-electron chi connectivity index (χ4n) is 8.02. The number of alkyl halides is 1. The average Bonchev–Trinajstić information content (AvgIpc) is 3.54. The lowest BCUT2D eigenvalue weighted by Crippen LogP contribution is -2.59. The Hall–Kier alpha value is -5.88. The van der Waals surface area contributed by atoms with Crippen molar-refractivity contribution >= 4 is 45.9 Å². The monoisotopic (exact) mass is 911 g/mol. The quantitative estimate of drug-likeness (QED) is 0.0386. The van der Waals surface area contributed by atoms with Gasteiger partial charge in [0.1, 0.15) is 30.2 Å². The summed E-state index contributed by atoms with van der Waals surface area (Å²) in [6.45, 7) is 10.1. The van der Waals surface area contributed by atoms with Crippen LogP contribution in [0.1, 0.15) is 73.6 Å². The lowest BCUT2D eigenvalue weighted by Gasteiger charge is -2.35. The number of hydrogen-bond donors (Lipinski definition) is 5. The molecule has 3 atom stereocenters. The number of nitrogens with zero attached hydrogens (tertiary/aromatic N) is 4. The van der Waals surface area contributed by atoms with E-state index in [0.29, 0.717) is 37.6 Å². The van der Waals surface area contributed by atoms with Crippen molar-refractivity contribution in [1.82, 2.24) is 35.5 Å². The van der Waals surface area contributed by atoms with Crippen LogP contribution in [-0.2, 0) is 34.0 Å². The number of nitrogens with one attached hydrogen (secondary N) is 3. The van der Waals surface area contributed by atoms with Gasteiger partial charge in [-0.1, -0.05) is 51.1 Å². The minimum atomic E-state index is -1.97. The topological polar surface area (TPSA) is 188 Å². The van der Waals surface area contributed by atoms with Gasteiger partial charge in [0.15, 0.2) is 5.67 Å². The molecule has 346 valence electrons. The van der Waals surface area contributed by atoms with Crippen LogP contribution in [0.4, 0.5) is 4.39 Å². The molecule has 1 aliphatic heterocycles. The highest BCUT2D eigenvalue weighted by molar-refractivity contribution is 7.13. The number of carbonyl (C=O) groups is 4. The zero-order valence-electron chi connectivity index (χ0n) is 37.4. The summed E-state index contributed by atoms with van der Waals surface area (Å²) < 4.78 is 29.1. The molecule has 2 aliphatic rings. The highest BCUT2D eigenvalue weighted by atomic mass is 32.1. The normalized spacial score (nSPS) is 17.2. The van der Waals surface area contributed by atoms with Gasteiger partial charge in [-0.3, -0.25) is 24.4 Å². The van der Waals surface area contributed by atoms with Gasteiger partial charge in [-0.05, 0) is 91.6 Å². The number of amides is 4. The number of benzene rings is 3. The molecule has 65 heavy (non-hydrogen) atoms. The summed E-state index contributed by atoms with van der Waals surface area (Å²) in [5, 5.41) is 26.2. The number of carbonyl (C=O) groups excluding carboxylic acids is 4. The summed E-state index contributed by atoms with van der Waals surface area (Å²) in [7, 11) is 2.05. The lowest BCUT2D eigenvalue weighted by atomic mass is 9.85. The molecule has 1 aliphatic carbocycles. The predicted molar refractivity (Wildman–Crippen MR) is 244 cm³/mol. The first kappa shape index (κ1) is 47.1. The summed E-state index contributed by atoms with van der Waals surface area (Å²) in [6.07, 6.45) is 1.96. The molecule has 17 heteroatoms. The molecule has 3 heterocycles. The molecule has 15 nitrogen and oxygen atoms in total. The third-order valence-corrected chi connectivity index (χ3v) is 12.9. The van der Waals surface area contributed by atoms with E-state index >= 15 is 0 Å². The molecular weight excluding hydrogens is 854 g/mol. The Kier molecular flexibility index (Phi) is 14.6. The van der Waals surface area contributed by atoms with Crippen molar-refractivity contribution in [3.05, 3.63) is 101 Å². The van der Waals surface area contributed by atoms with Crippen LogP contribution >= 0.6 is 11.3 Å². The van der Waals surface area contributed by atoms with Crippen molar-refractivity contribution in [2.45, 2.75) is 96.9 Å². The molecule has 1 saturated carbocycles. The largest absolute Gasteiger partial charge is 0.493 e. The minimum absolute atomic E-state index is 0.0267. The number of β-amino-alcohol motifs (C(OH)–C–C–N with tert-alkyl or cyclic N) is 1. The molecule has 3 aromatic carbocycles. The minimum Gasteiger partial charge on any atom is -0.493 e. The van der Waals surface area contributed by atoms with Crippen LogP contribution in [-0.4, -0.2) is 111 Å². The van der Waals surface area contributed by atoms with Crippen LogP contribution in [0.5, 0.6) is 11.5 Å². The first-order valence-electron chi connectivity index (χ1n) is 21.9. The molecule has 7 rings (SSSR count). The molecule has 1 saturated heterocycles. The molecule has 0 bridgehead atoms. The van der Waals surface area contributed by atoms with E-state index in [4.69, 9.17) is 14.7 Å². The van der Waals surface area contributed by atoms with E-state index in [1.54, 1.807) is 43.9 Å². The smallest absolute Gasteiger partial charge is 0.274 e. The van der Waals surface area contributed by atoms with E-state index in [0.717, 1.165) is 56.9 Å². The fourth-order valence-corrected chi connectivity index (χ4v) is 8.82. The number of hydrogen-bond acceptors (Lipinski definition) is 11. The van der Waals surface area contributed by atoms with Crippen molar-refractivity contribution < 1.29 is 43.4 Å². The van der Waals surface area contributed by atoms with Gasteiger partial charge in [-0.2, -0.15) is 0 Å². The second kappa shape index (κ2) is 20.1. The van der Waals surface area contributed by atoms with Crippen LogP contribution in [0.25, 0.3) is 21.3 Å². The first-order valence-corrected chi connectivity index (χ1v) is 22.8. The van der Waals surface area contributed by atoms with Gasteiger partial charge in [-0.25, -0.2) is 14.9 Å². The molecule has 5 aromatic rings. The Morgan fingerprint density at radius 3 is 2.49 bits per heavy atom. The van der Waals surface area contributed by atoms with Crippen molar-refractivity contribution in [2.24, 2.45) is 5.41 Å². The molecular formula is C48H58FN7O8S. The van der Waals surface area contributed by atoms with Gasteiger partial charge in [0.25, 0.3) is 11.8 Å². The van der Waals surface area contributed by atoms with E-state index < -0.39 is 52.9 Å². The molecule has 5 N–H and O–H groups in total. The van der Waals surface area contributed by atoms with E-state index in [2.05, 4.69) is 20.5 Å². The number of thiazole rings is 1. The third kappa shape index (κ3) is 11.5. The Bertz CT molecular complexity index is 2500. The zero-order valence-corrected chi connectivity index (χ0v) is 38.3. The van der Waals surface area contributed by atoms with Crippen molar-refractivity contribution in [3.8, 4) is 21.9 Å². The highest BCUT2D eigenvalue weighted by Gasteiger charge is 2.53. The van der Waals surface area contributed by atoms with E-state index in [1.165, 1.54) is 16.2 Å². The molecule has 2 fully saturated rings. The summed E-state index contributed by atoms with van der Waals surface area (Å²) in [5.74, 6) is -1.04. The third-order valence-electron chi connectivity index (χ3n) is 11.9. The number of hydroxylamine groups is 1. The van der Waals surface area contributed by atoms with Crippen LogP contribution in [0.15, 0.2) is 78.4 Å². The maximum absolute atomic E-state index is 14.6. The predicted octanol–water partition coefficient (Wildman–Crippen LogP) is 5.78. The molecule has 4 amide bonds. The number of fused-ring (bicyclic) bond motifs is 1. The number of aromatic nitrogens is 2. The SMILES string of the molecule is Cc1ncsc1-c1ccc(CNC(=O)[C@@H]2C[C@H](O)CN2C(=O)[C@@H](NC(=O)C2(F)CC2)C(C)(C)C)c(OCCCN(C)Cc2ccc(OCCn3ccc4ccc(C(=O)NO)cc43)cc2)c1. The zero-order chi connectivity index (χ0) is 46.5. The number of aryl methyl sites for hydroxylation is 1. The first-order chi connectivity index (χ1) is 31.0. The van der Waals surface area contributed by atoms with E-state index in [1.807, 2.05) is 79.3 Å². The number of rotatable bonds is 19. The summed E-state index contributed by atoms with van der Waals surface area (Å²) in [5.41, 5.74) is 5.64. The van der Waals surface area contributed by atoms with Gasteiger partial charge < -0.3 is 39.6 Å². The number of likely N-dealkylation sites (tertiary alicyclic amines) is 1. The lowest BCUT2D eigenvalue weighted by molar-refractivity contribution is -0.145. The Balaban J connectivity index is 0.916. The van der Waals surface area contributed by atoms with E-state index in [9.17, 15) is 28.7 Å². The molecule has 0 spiro atoms. The van der Waals surface area contributed by atoms with Gasteiger partial charge in [0.2, 0.25) is 11.8 Å². The molecule has 2 aromatic heterocycles. The Morgan fingerprint density at radius 2 is 1.80 bits per heavy atom. The molecule has 0 unspecified atom stereocenters. The highest BCUT2D eigenvalue weighted by Crippen LogP contribution is 2.40. The van der Waals surface area contributed by atoms with Crippen LogP contribution in [0.3, 0.4) is 0 Å². The van der Waals surface area contributed by atoms with Crippen molar-refractivity contribution in [2.75, 3.05) is 33.4 Å². The standard InChI is InChI=1S/C48H58FN7O8S/c1-30-41(65-29-51-30)33-10-12-35(26-50-44(59)39-25-36(57)28-56(39)45(60)42(47(2,3)4)52-46(61)48(49)16-17-48)40(24-33)64-21-6-18-54(5)27-31-7-13-37(14-8-31)63-22-20-55-19-15-32-9-11-34(23-38(32)55)43(58)53-62/h7-15,19,23-24,29,36,39,42,57,62H,6,16-18,20-22,25-28H2,1-5H3,(H,50,59)(H,52,61)(H,53,58)/t36-,39-,42+/m0/s1. The number of aliphatic hydroxyl groups excluding tert-OH is 1. The van der Waals surface area contributed by atoms with Gasteiger partial charge in [-0.15, -0.1) is 11.3 Å². The number of halogens is 1. The van der Waals surface area contributed by atoms with Crippen LogP contribution in [0.2, 0.25) is 0 Å². The summed E-state index contributed by atoms with van der Waals surface area (Å²) in [4.78, 5) is 61.2. The maximum Gasteiger partial charge on any atom is 0.274 e. The summed E-state index contributed by atoms with van der Waals surface area (Å²) >= 11 is 1.53. The van der Waals surface area contributed by atoms with Crippen LogP contribution in [0, 0.1) is 12.3 Å². The maximum atomic E-state index is 14.6. The van der Waals surface area contributed by atoms with Crippen LogP contribution < -0.4 is 25.6 Å².